The summed E-state index contributed by atoms with van der Waals surface area (Å²) < 4.78 is 13.2. The fourth-order valence-corrected chi connectivity index (χ4v) is 1.50. The number of urea groups is 1. The van der Waals surface area contributed by atoms with Crippen LogP contribution < -0.4 is 16.4 Å². The molecule has 4 N–H and O–H groups in total. The maximum Gasteiger partial charge on any atom is 0.319 e. The summed E-state index contributed by atoms with van der Waals surface area (Å²) in [6, 6.07) is 5.68. The zero-order chi connectivity index (χ0) is 13.4. The van der Waals surface area contributed by atoms with Crippen LogP contribution >= 0.6 is 0 Å². The number of rotatable bonds is 6. The van der Waals surface area contributed by atoms with Gasteiger partial charge in [0.25, 0.3) is 0 Å². The third-order valence-corrected chi connectivity index (χ3v) is 2.68. The van der Waals surface area contributed by atoms with Crippen molar-refractivity contribution in [1.82, 2.24) is 5.32 Å². The Hall–Kier alpha value is -1.62. The van der Waals surface area contributed by atoms with E-state index in [0.29, 0.717) is 19.0 Å². The van der Waals surface area contributed by atoms with Crippen molar-refractivity contribution in [2.24, 2.45) is 11.7 Å². The number of hydrogen-bond acceptors (Lipinski definition) is 2. The predicted molar refractivity (Wildman–Crippen MR) is 70.9 cm³/mol. The first-order chi connectivity index (χ1) is 8.63. The van der Waals surface area contributed by atoms with Crippen LogP contribution in [0.25, 0.3) is 0 Å². The molecule has 1 unspecified atom stereocenters. The van der Waals surface area contributed by atoms with Crippen LogP contribution in [-0.2, 0) is 0 Å². The third-order valence-electron chi connectivity index (χ3n) is 2.68. The lowest BCUT2D eigenvalue weighted by Crippen LogP contribution is -2.30. The lowest BCUT2D eigenvalue weighted by atomic mass is 10.1. The Morgan fingerprint density at radius 1 is 1.44 bits per heavy atom. The first kappa shape index (κ1) is 14.4. The highest BCUT2D eigenvalue weighted by Crippen LogP contribution is 2.11. The Labute approximate surface area is 107 Å². The minimum Gasteiger partial charge on any atom is -0.338 e. The van der Waals surface area contributed by atoms with Gasteiger partial charge in [0.15, 0.2) is 0 Å². The van der Waals surface area contributed by atoms with Crippen molar-refractivity contribution in [3.63, 3.8) is 0 Å². The number of amides is 2. The average Bonchev–Trinajstić information content (AvgIpc) is 2.37. The van der Waals surface area contributed by atoms with Crippen LogP contribution in [0.3, 0.4) is 0 Å². The number of nitrogens with two attached hydrogens (primary N) is 1. The maximum atomic E-state index is 13.2. The van der Waals surface area contributed by atoms with Crippen LogP contribution in [0.1, 0.15) is 19.8 Å². The van der Waals surface area contributed by atoms with Crippen molar-refractivity contribution in [3.8, 4) is 0 Å². The van der Waals surface area contributed by atoms with E-state index in [-0.39, 0.29) is 11.7 Å². The van der Waals surface area contributed by atoms with Gasteiger partial charge in [-0.2, -0.15) is 0 Å². The number of para-hydroxylation sites is 1. The Balaban J connectivity index is 2.24. The van der Waals surface area contributed by atoms with E-state index in [1.54, 1.807) is 12.1 Å². The van der Waals surface area contributed by atoms with Crippen LogP contribution in [0.15, 0.2) is 24.3 Å². The van der Waals surface area contributed by atoms with Crippen LogP contribution in [0.5, 0.6) is 0 Å². The lowest BCUT2D eigenvalue weighted by molar-refractivity contribution is 0.251. The fourth-order valence-electron chi connectivity index (χ4n) is 1.50. The first-order valence-electron chi connectivity index (χ1n) is 6.13. The molecule has 5 heteroatoms. The van der Waals surface area contributed by atoms with Crippen molar-refractivity contribution in [2.75, 3.05) is 18.4 Å². The van der Waals surface area contributed by atoms with Crippen molar-refractivity contribution in [3.05, 3.63) is 30.1 Å². The normalized spacial score (nSPS) is 11.9. The molecule has 0 spiro atoms. The Morgan fingerprint density at radius 3 is 2.83 bits per heavy atom. The number of carbonyl (C=O) groups is 1. The molecule has 1 aromatic rings. The van der Waals surface area contributed by atoms with Crippen molar-refractivity contribution in [1.29, 1.82) is 0 Å². The van der Waals surface area contributed by atoms with E-state index in [0.717, 1.165) is 12.8 Å². The minimum absolute atomic E-state index is 0.185. The molecule has 1 rings (SSSR count). The molecule has 2 amide bonds. The quantitative estimate of drug-likeness (QED) is 0.681. The number of nitrogens with one attached hydrogen (secondary N) is 2. The zero-order valence-corrected chi connectivity index (χ0v) is 10.6. The summed E-state index contributed by atoms with van der Waals surface area (Å²) in [7, 11) is 0. The van der Waals surface area contributed by atoms with Gasteiger partial charge in [0.1, 0.15) is 5.82 Å². The molecule has 0 radical (unpaired) electrons. The summed E-state index contributed by atoms with van der Waals surface area (Å²) in [4.78, 5) is 11.5. The third kappa shape index (κ3) is 5.14. The second-order valence-corrected chi connectivity index (χ2v) is 4.34. The molecular weight excluding hydrogens is 233 g/mol. The second-order valence-electron chi connectivity index (χ2n) is 4.34. The lowest BCUT2D eigenvalue weighted by Gasteiger charge is -2.10. The molecule has 1 atom stereocenters. The molecule has 0 bridgehead atoms. The van der Waals surface area contributed by atoms with Gasteiger partial charge in [-0.1, -0.05) is 19.1 Å². The maximum absolute atomic E-state index is 13.2. The van der Waals surface area contributed by atoms with E-state index in [1.165, 1.54) is 12.1 Å². The molecular formula is C13H20FN3O. The number of halogens is 1. The van der Waals surface area contributed by atoms with Gasteiger partial charge in [-0.25, -0.2) is 9.18 Å². The van der Waals surface area contributed by atoms with Gasteiger partial charge in [-0.15, -0.1) is 0 Å². The summed E-state index contributed by atoms with van der Waals surface area (Å²) in [5, 5.41) is 5.14. The first-order valence-corrected chi connectivity index (χ1v) is 6.13. The van der Waals surface area contributed by atoms with E-state index in [9.17, 15) is 9.18 Å². The Morgan fingerprint density at radius 2 is 2.17 bits per heavy atom. The highest BCUT2D eigenvalue weighted by molar-refractivity contribution is 5.89. The van der Waals surface area contributed by atoms with Gasteiger partial charge in [0, 0.05) is 6.54 Å². The summed E-state index contributed by atoms with van der Waals surface area (Å²) >= 11 is 0. The molecule has 0 saturated carbocycles. The van der Waals surface area contributed by atoms with Gasteiger partial charge in [0.2, 0.25) is 0 Å². The fraction of sp³-hybridized carbons (Fsp3) is 0.462. The molecule has 0 aromatic heterocycles. The Bertz CT molecular complexity index is 384. The highest BCUT2D eigenvalue weighted by atomic mass is 19.1. The van der Waals surface area contributed by atoms with Gasteiger partial charge in [-0.05, 0) is 37.4 Å². The number of benzene rings is 1. The largest absolute Gasteiger partial charge is 0.338 e. The molecule has 0 aliphatic heterocycles. The SMILES string of the molecule is CC(CN)CCCNC(=O)Nc1ccccc1F. The molecule has 1 aromatic carbocycles. The van der Waals surface area contributed by atoms with Crippen molar-refractivity contribution in [2.45, 2.75) is 19.8 Å². The molecule has 18 heavy (non-hydrogen) atoms. The number of anilines is 1. The molecule has 0 aliphatic rings. The van der Waals surface area contributed by atoms with E-state index in [1.807, 2.05) is 0 Å². The number of carbonyl (C=O) groups excluding carboxylic acids is 1. The minimum atomic E-state index is -0.440. The molecule has 100 valence electrons. The second kappa shape index (κ2) is 7.66. The van der Waals surface area contributed by atoms with Crippen LogP contribution in [0.4, 0.5) is 14.9 Å². The summed E-state index contributed by atoms with van der Waals surface area (Å²) in [6.07, 6.45) is 1.83. The topological polar surface area (TPSA) is 67.1 Å². The van der Waals surface area contributed by atoms with Crippen molar-refractivity contribution < 1.29 is 9.18 Å². The molecule has 0 saturated heterocycles. The Kier molecular flexibility index (Phi) is 6.14. The summed E-state index contributed by atoms with van der Waals surface area (Å²) in [6.45, 7) is 3.28. The summed E-state index contributed by atoms with van der Waals surface area (Å²) in [5.41, 5.74) is 5.68. The molecule has 0 heterocycles. The smallest absolute Gasteiger partial charge is 0.319 e. The van der Waals surface area contributed by atoms with E-state index in [2.05, 4.69) is 17.6 Å². The van der Waals surface area contributed by atoms with Gasteiger partial charge >= 0.3 is 6.03 Å². The van der Waals surface area contributed by atoms with Crippen LogP contribution in [0.2, 0.25) is 0 Å². The van der Waals surface area contributed by atoms with E-state index >= 15 is 0 Å². The van der Waals surface area contributed by atoms with Crippen molar-refractivity contribution >= 4 is 11.7 Å². The van der Waals surface area contributed by atoms with Gasteiger partial charge in [0.05, 0.1) is 5.69 Å². The monoisotopic (exact) mass is 253 g/mol. The summed E-state index contributed by atoms with van der Waals surface area (Å²) in [5.74, 6) is 0.0193. The molecule has 0 fully saturated rings. The van der Waals surface area contributed by atoms with E-state index < -0.39 is 5.82 Å². The average molecular weight is 253 g/mol. The standard InChI is InChI=1S/C13H20FN3O/c1-10(9-15)5-4-8-16-13(18)17-12-7-3-2-6-11(12)14/h2-3,6-7,10H,4-5,8-9,15H2,1H3,(H2,16,17,18). The molecule has 4 nitrogen and oxygen atoms in total. The highest BCUT2D eigenvalue weighted by Gasteiger charge is 2.05. The molecule has 0 aliphatic carbocycles. The van der Waals surface area contributed by atoms with Crippen LogP contribution in [-0.4, -0.2) is 19.1 Å². The zero-order valence-electron chi connectivity index (χ0n) is 10.6. The van der Waals surface area contributed by atoms with Gasteiger partial charge in [-0.3, -0.25) is 0 Å². The number of hydrogen-bond donors (Lipinski definition) is 3. The predicted octanol–water partition coefficient (Wildman–Crippen LogP) is 2.32. The van der Waals surface area contributed by atoms with Crippen LogP contribution in [0, 0.1) is 11.7 Å². The van der Waals surface area contributed by atoms with E-state index in [4.69, 9.17) is 5.73 Å². The van der Waals surface area contributed by atoms with Gasteiger partial charge < -0.3 is 16.4 Å².